The summed E-state index contributed by atoms with van der Waals surface area (Å²) >= 11 is 1.67. The van der Waals surface area contributed by atoms with Gasteiger partial charge < -0.3 is 5.32 Å². The Morgan fingerprint density at radius 1 is 1.14 bits per heavy atom. The lowest BCUT2D eigenvalue weighted by molar-refractivity contribution is 0.843. The number of rotatable bonds is 3. The van der Waals surface area contributed by atoms with E-state index >= 15 is 0 Å². The first-order chi connectivity index (χ1) is 10.0. The van der Waals surface area contributed by atoms with Crippen LogP contribution in [0.15, 0.2) is 29.8 Å². The Bertz CT molecular complexity index is 769. The summed E-state index contributed by atoms with van der Waals surface area (Å²) in [7, 11) is 0. The summed E-state index contributed by atoms with van der Waals surface area (Å²) in [5.41, 5.74) is 8.82. The molecule has 1 N–H and O–H groups in total. The van der Waals surface area contributed by atoms with Crippen LogP contribution in [0.3, 0.4) is 0 Å². The molecule has 0 saturated heterocycles. The molecule has 4 heteroatoms. The largest absolute Gasteiger partial charge is 0.378 e. The Morgan fingerprint density at radius 3 is 2.71 bits per heavy atom. The van der Waals surface area contributed by atoms with Gasteiger partial charge in [-0.1, -0.05) is 0 Å². The summed E-state index contributed by atoms with van der Waals surface area (Å²) < 4.78 is 1.21. The van der Waals surface area contributed by atoms with Gasteiger partial charge in [-0.15, -0.1) is 11.3 Å². The predicted molar refractivity (Wildman–Crippen MR) is 90.1 cm³/mol. The van der Waals surface area contributed by atoms with E-state index in [0.717, 1.165) is 22.6 Å². The van der Waals surface area contributed by atoms with Crippen LogP contribution >= 0.6 is 11.3 Å². The second-order valence-electron chi connectivity index (χ2n) is 5.48. The number of thiazole rings is 1. The zero-order valence-corrected chi connectivity index (χ0v) is 13.6. The lowest BCUT2D eigenvalue weighted by Gasteiger charge is -2.20. The molecule has 3 aromatic rings. The zero-order chi connectivity index (χ0) is 15.0. The molecule has 2 aromatic heterocycles. The predicted octanol–water partition coefficient (Wildman–Crippen LogP) is 4.79. The molecule has 21 heavy (non-hydrogen) atoms. The zero-order valence-electron chi connectivity index (χ0n) is 12.8. The molecule has 0 aliphatic carbocycles. The van der Waals surface area contributed by atoms with Crippen LogP contribution in [-0.4, -0.2) is 9.97 Å². The summed E-state index contributed by atoms with van der Waals surface area (Å²) in [6, 6.07) is 8.69. The standard InChI is InChI=1S/C17H19N3S/c1-10-7-11(2)19-12(3)17(10)13(4)20-14-5-6-15-16(8-14)21-9-18-15/h5-9,13,20H,1-4H3. The average molecular weight is 297 g/mol. The Kier molecular flexibility index (Phi) is 3.64. The number of anilines is 1. The number of aryl methyl sites for hydroxylation is 3. The van der Waals surface area contributed by atoms with Gasteiger partial charge in [-0.2, -0.15) is 0 Å². The first-order valence-electron chi connectivity index (χ1n) is 7.09. The Balaban J connectivity index is 1.90. The minimum atomic E-state index is 0.225. The Morgan fingerprint density at radius 2 is 1.95 bits per heavy atom. The van der Waals surface area contributed by atoms with Gasteiger partial charge in [0.25, 0.3) is 0 Å². The molecule has 1 atom stereocenters. The van der Waals surface area contributed by atoms with E-state index in [1.807, 2.05) is 12.4 Å². The van der Waals surface area contributed by atoms with E-state index in [1.54, 1.807) is 11.3 Å². The smallest absolute Gasteiger partial charge is 0.0813 e. The number of benzene rings is 1. The lowest BCUT2D eigenvalue weighted by atomic mass is 10.00. The summed E-state index contributed by atoms with van der Waals surface area (Å²) in [5, 5.41) is 3.58. The van der Waals surface area contributed by atoms with Gasteiger partial charge in [-0.05, 0) is 63.1 Å². The van der Waals surface area contributed by atoms with Gasteiger partial charge in [0.2, 0.25) is 0 Å². The maximum absolute atomic E-state index is 4.59. The van der Waals surface area contributed by atoms with Gasteiger partial charge in [-0.3, -0.25) is 4.98 Å². The number of pyridine rings is 1. The fourth-order valence-corrected chi connectivity index (χ4v) is 3.67. The van der Waals surface area contributed by atoms with Crippen LogP contribution in [0.2, 0.25) is 0 Å². The van der Waals surface area contributed by atoms with Crippen molar-refractivity contribution in [2.24, 2.45) is 0 Å². The number of hydrogen-bond donors (Lipinski definition) is 1. The quantitative estimate of drug-likeness (QED) is 0.755. The van der Waals surface area contributed by atoms with Crippen molar-refractivity contribution in [3.05, 3.63) is 52.3 Å². The summed E-state index contributed by atoms with van der Waals surface area (Å²) in [6.07, 6.45) is 0. The highest BCUT2D eigenvalue weighted by molar-refractivity contribution is 7.16. The maximum Gasteiger partial charge on any atom is 0.0813 e. The lowest BCUT2D eigenvalue weighted by Crippen LogP contribution is -2.11. The molecule has 2 heterocycles. The molecule has 3 nitrogen and oxygen atoms in total. The van der Waals surface area contributed by atoms with E-state index in [2.05, 4.69) is 60.3 Å². The van der Waals surface area contributed by atoms with Crippen molar-refractivity contribution in [1.29, 1.82) is 0 Å². The molecule has 0 aliphatic rings. The van der Waals surface area contributed by atoms with Gasteiger partial charge in [-0.25, -0.2) is 4.98 Å². The SMILES string of the molecule is Cc1cc(C)c(C(C)Nc2ccc3ncsc3c2)c(C)n1. The molecule has 1 unspecified atom stereocenters. The average Bonchev–Trinajstić information content (AvgIpc) is 2.84. The minimum Gasteiger partial charge on any atom is -0.378 e. The minimum absolute atomic E-state index is 0.225. The summed E-state index contributed by atoms with van der Waals surface area (Å²) in [6.45, 7) is 8.46. The molecule has 0 saturated carbocycles. The van der Waals surface area contributed by atoms with E-state index in [4.69, 9.17) is 0 Å². The van der Waals surface area contributed by atoms with Crippen molar-refractivity contribution in [2.45, 2.75) is 33.7 Å². The van der Waals surface area contributed by atoms with Crippen LogP contribution in [0.4, 0.5) is 5.69 Å². The maximum atomic E-state index is 4.59. The van der Waals surface area contributed by atoms with E-state index < -0.39 is 0 Å². The molecule has 3 rings (SSSR count). The Labute approximate surface area is 129 Å². The number of aromatic nitrogens is 2. The number of hydrogen-bond acceptors (Lipinski definition) is 4. The molecule has 108 valence electrons. The van der Waals surface area contributed by atoms with E-state index in [0.29, 0.717) is 0 Å². The second-order valence-corrected chi connectivity index (χ2v) is 6.37. The first-order valence-corrected chi connectivity index (χ1v) is 7.97. The molecule has 0 radical (unpaired) electrons. The normalized spacial score (nSPS) is 12.6. The van der Waals surface area contributed by atoms with Crippen LogP contribution < -0.4 is 5.32 Å². The molecular weight excluding hydrogens is 278 g/mol. The number of fused-ring (bicyclic) bond motifs is 1. The number of nitrogens with one attached hydrogen (secondary N) is 1. The van der Waals surface area contributed by atoms with Crippen molar-refractivity contribution < 1.29 is 0 Å². The topological polar surface area (TPSA) is 37.8 Å². The molecule has 0 amide bonds. The van der Waals surface area contributed by atoms with E-state index in [9.17, 15) is 0 Å². The Hall–Kier alpha value is -1.94. The molecular formula is C17H19N3S. The van der Waals surface area contributed by atoms with Crippen LogP contribution in [0.1, 0.15) is 35.5 Å². The molecule has 0 aliphatic heterocycles. The van der Waals surface area contributed by atoms with Gasteiger partial charge in [0, 0.05) is 17.1 Å². The van der Waals surface area contributed by atoms with Crippen LogP contribution in [0, 0.1) is 20.8 Å². The van der Waals surface area contributed by atoms with Crippen molar-refractivity contribution in [3.8, 4) is 0 Å². The van der Waals surface area contributed by atoms with Gasteiger partial charge in [0.1, 0.15) is 0 Å². The van der Waals surface area contributed by atoms with Crippen LogP contribution in [0.5, 0.6) is 0 Å². The highest BCUT2D eigenvalue weighted by Gasteiger charge is 2.13. The fourth-order valence-electron chi connectivity index (χ4n) is 2.96. The summed E-state index contributed by atoms with van der Waals surface area (Å²) in [4.78, 5) is 8.91. The molecule has 0 bridgehead atoms. The van der Waals surface area contributed by atoms with Crippen molar-refractivity contribution in [3.63, 3.8) is 0 Å². The highest BCUT2D eigenvalue weighted by atomic mass is 32.1. The molecule has 0 fully saturated rings. The third-order valence-electron chi connectivity index (χ3n) is 3.73. The summed E-state index contributed by atoms with van der Waals surface area (Å²) in [5.74, 6) is 0. The van der Waals surface area contributed by atoms with E-state index in [1.165, 1.54) is 15.8 Å². The third-order valence-corrected chi connectivity index (χ3v) is 4.52. The van der Waals surface area contributed by atoms with Crippen LogP contribution in [0.25, 0.3) is 10.2 Å². The third kappa shape index (κ3) is 2.76. The second kappa shape index (κ2) is 5.45. The fraction of sp³-hybridized carbons (Fsp3) is 0.294. The van der Waals surface area contributed by atoms with Crippen LogP contribution in [-0.2, 0) is 0 Å². The van der Waals surface area contributed by atoms with Gasteiger partial charge >= 0.3 is 0 Å². The van der Waals surface area contributed by atoms with E-state index in [-0.39, 0.29) is 6.04 Å². The van der Waals surface area contributed by atoms with Crippen molar-refractivity contribution >= 4 is 27.2 Å². The first kappa shape index (κ1) is 14.0. The molecule has 0 spiro atoms. The monoisotopic (exact) mass is 297 g/mol. The highest BCUT2D eigenvalue weighted by Crippen LogP contribution is 2.27. The van der Waals surface area contributed by atoms with Crippen molar-refractivity contribution in [2.75, 3.05) is 5.32 Å². The van der Waals surface area contributed by atoms with Gasteiger partial charge in [0.05, 0.1) is 21.8 Å². The van der Waals surface area contributed by atoms with Crippen molar-refractivity contribution in [1.82, 2.24) is 9.97 Å². The molecule has 1 aromatic carbocycles. The van der Waals surface area contributed by atoms with Gasteiger partial charge in [0.15, 0.2) is 0 Å². The number of nitrogens with zero attached hydrogens (tertiary/aromatic N) is 2.